The van der Waals surface area contributed by atoms with Crippen molar-refractivity contribution in [1.29, 1.82) is 0 Å². The number of fused-ring (bicyclic) bond motifs is 1. The molecule has 2 rings (SSSR count). The summed E-state index contributed by atoms with van der Waals surface area (Å²) in [6.07, 6.45) is 6.80. The maximum Gasteiger partial charge on any atom is 0.0223 e. The average Bonchev–Trinajstić information content (AvgIpc) is 2.71. The first-order valence-electron chi connectivity index (χ1n) is 8.00. The zero-order valence-electron chi connectivity index (χ0n) is 12.3. The maximum absolute atomic E-state index is 3.61. The third kappa shape index (κ3) is 3.94. The molecule has 0 saturated carbocycles. The molecule has 0 aromatic carbocycles. The van der Waals surface area contributed by atoms with Gasteiger partial charge in [0.05, 0.1) is 0 Å². The Morgan fingerprint density at radius 1 is 1.22 bits per heavy atom. The van der Waals surface area contributed by atoms with Gasteiger partial charge in [-0.15, -0.1) is 0 Å². The molecule has 2 unspecified atom stereocenters. The Kier molecular flexibility index (Phi) is 5.93. The Morgan fingerprint density at radius 2 is 2.06 bits per heavy atom. The molecule has 0 amide bonds. The van der Waals surface area contributed by atoms with Crippen LogP contribution in [-0.4, -0.2) is 61.2 Å². The van der Waals surface area contributed by atoms with Gasteiger partial charge in [0.2, 0.25) is 0 Å². The van der Waals surface area contributed by atoms with Crippen LogP contribution in [0.25, 0.3) is 0 Å². The van der Waals surface area contributed by atoms with Crippen molar-refractivity contribution in [2.24, 2.45) is 0 Å². The molecule has 0 radical (unpaired) electrons. The normalized spacial score (nSPS) is 28.0. The van der Waals surface area contributed by atoms with Crippen LogP contribution in [0.3, 0.4) is 0 Å². The Balaban J connectivity index is 1.73. The molecule has 2 saturated heterocycles. The van der Waals surface area contributed by atoms with Crippen molar-refractivity contribution in [2.45, 2.75) is 58.0 Å². The first kappa shape index (κ1) is 14.3. The molecular formula is C15H31N3. The summed E-state index contributed by atoms with van der Waals surface area (Å²) in [5.41, 5.74) is 0. The monoisotopic (exact) mass is 253 g/mol. The van der Waals surface area contributed by atoms with E-state index in [1.54, 1.807) is 0 Å². The molecule has 106 valence electrons. The zero-order valence-corrected chi connectivity index (χ0v) is 12.3. The average molecular weight is 253 g/mol. The predicted octanol–water partition coefficient (Wildman–Crippen LogP) is 1.93. The van der Waals surface area contributed by atoms with Crippen LogP contribution in [-0.2, 0) is 0 Å². The molecule has 0 spiro atoms. The fraction of sp³-hybridized carbons (Fsp3) is 1.00. The first-order chi connectivity index (χ1) is 8.81. The lowest BCUT2D eigenvalue weighted by Crippen LogP contribution is -2.45. The maximum atomic E-state index is 3.61. The van der Waals surface area contributed by atoms with Crippen molar-refractivity contribution in [3.8, 4) is 0 Å². The summed E-state index contributed by atoms with van der Waals surface area (Å²) >= 11 is 0. The molecule has 1 N–H and O–H groups in total. The zero-order chi connectivity index (χ0) is 12.8. The van der Waals surface area contributed by atoms with E-state index in [1.807, 2.05) is 0 Å². The summed E-state index contributed by atoms with van der Waals surface area (Å²) in [7, 11) is 0. The molecule has 2 atom stereocenters. The van der Waals surface area contributed by atoms with E-state index in [2.05, 4.69) is 29.0 Å². The lowest BCUT2D eigenvalue weighted by atomic mass is 10.2. The molecule has 3 heteroatoms. The van der Waals surface area contributed by atoms with E-state index in [0.717, 1.165) is 12.6 Å². The minimum atomic E-state index is 0.697. The van der Waals surface area contributed by atoms with Gasteiger partial charge in [0.15, 0.2) is 0 Å². The predicted molar refractivity (Wildman–Crippen MR) is 78.0 cm³/mol. The molecular weight excluding hydrogens is 222 g/mol. The molecule has 2 fully saturated rings. The number of rotatable bonds is 6. The van der Waals surface area contributed by atoms with Crippen molar-refractivity contribution in [1.82, 2.24) is 15.1 Å². The molecule has 0 aromatic rings. The Hall–Kier alpha value is -0.120. The second kappa shape index (κ2) is 7.46. The van der Waals surface area contributed by atoms with Crippen LogP contribution in [0, 0.1) is 0 Å². The summed E-state index contributed by atoms with van der Waals surface area (Å²) in [5, 5.41) is 3.61. The third-order valence-electron chi connectivity index (χ3n) is 4.61. The van der Waals surface area contributed by atoms with Gasteiger partial charge in [-0.1, -0.05) is 13.3 Å². The van der Waals surface area contributed by atoms with E-state index in [9.17, 15) is 0 Å². The van der Waals surface area contributed by atoms with Gasteiger partial charge in [-0.25, -0.2) is 0 Å². The van der Waals surface area contributed by atoms with Crippen molar-refractivity contribution >= 4 is 0 Å². The van der Waals surface area contributed by atoms with Crippen LogP contribution < -0.4 is 5.32 Å². The van der Waals surface area contributed by atoms with Crippen LogP contribution in [0.4, 0.5) is 0 Å². The molecule has 0 bridgehead atoms. The number of nitrogens with one attached hydrogen (secondary N) is 1. The van der Waals surface area contributed by atoms with Crippen LogP contribution in [0.5, 0.6) is 0 Å². The second-order valence-corrected chi connectivity index (χ2v) is 6.09. The number of hydrogen-bond acceptors (Lipinski definition) is 3. The highest BCUT2D eigenvalue weighted by Crippen LogP contribution is 2.22. The van der Waals surface area contributed by atoms with E-state index >= 15 is 0 Å². The van der Waals surface area contributed by atoms with E-state index in [0.29, 0.717) is 6.04 Å². The number of hydrogen-bond donors (Lipinski definition) is 1. The summed E-state index contributed by atoms with van der Waals surface area (Å²) in [4.78, 5) is 5.44. The smallest absolute Gasteiger partial charge is 0.0223 e. The van der Waals surface area contributed by atoms with Gasteiger partial charge in [-0.3, -0.25) is 9.80 Å². The first-order valence-corrected chi connectivity index (χ1v) is 8.00. The fourth-order valence-corrected chi connectivity index (χ4v) is 3.38. The quantitative estimate of drug-likeness (QED) is 0.730. The SMILES string of the molecule is CCCCNCC(C)N1CCCN2CCCC2C1. The molecule has 18 heavy (non-hydrogen) atoms. The number of unbranched alkanes of at least 4 members (excludes halogenated alkanes) is 1. The van der Waals surface area contributed by atoms with Gasteiger partial charge in [0.25, 0.3) is 0 Å². The largest absolute Gasteiger partial charge is 0.315 e. The van der Waals surface area contributed by atoms with Crippen molar-refractivity contribution in [3.05, 3.63) is 0 Å². The highest BCUT2D eigenvalue weighted by atomic mass is 15.3. The van der Waals surface area contributed by atoms with Gasteiger partial charge in [-0.05, 0) is 58.8 Å². The third-order valence-corrected chi connectivity index (χ3v) is 4.61. The highest BCUT2D eigenvalue weighted by molar-refractivity contribution is 4.86. The topological polar surface area (TPSA) is 18.5 Å². The van der Waals surface area contributed by atoms with Gasteiger partial charge < -0.3 is 5.32 Å². The molecule has 2 aliphatic heterocycles. The summed E-state index contributed by atoms with van der Waals surface area (Å²) in [6.45, 7) is 12.3. The van der Waals surface area contributed by atoms with Crippen LogP contribution in [0.2, 0.25) is 0 Å². The van der Waals surface area contributed by atoms with E-state index in [1.165, 1.54) is 64.8 Å². The standard InChI is InChI=1S/C15H31N3/c1-3-4-8-16-12-14(2)18-11-6-10-17-9-5-7-15(17)13-18/h14-16H,3-13H2,1-2H3. The van der Waals surface area contributed by atoms with Gasteiger partial charge in [0, 0.05) is 25.2 Å². The lowest BCUT2D eigenvalue weighted by Gasteiger charge is -2.30. The Bertz CT molecular complexity index is 232. The molecule has 0 aliphatic carbocycles. The fourth-order valence-electron chi connectivity index (χ4n) is 3.38. The summed E-state index contributed by atoms with van der Waals surface area (Å²) < 4.78 is 0. The van der Waals surface area contributed by atoms with Crippen molar-refractivity contribution in [3.63, 3.8) is 0 Å². The van der Waals surface area contributed by atoms with E-state index in [4.69, 9.17) is 0 Å². The molecule has 3 nitrogen and oxygen atoms in total. The van der Waals surface area contributed by atoms with Crippen molar-refractivity contribution < 1.29 is 0 Å². The van der Waals surface area contributed by atoms with Gasteiger partial charge in [-0.2, -0.15) is 0 Å². The van der Waals surface area contributed by atoms with Crippen LogP contribution in [0.15, 0.2) is 0 Å². The summed E-state index contributed by atoms with van der Waals surface area (Å²) in [5.74, 6) is 0. The Labute approximate surface area is 113 Å². The minimum Gasteiger partial charge on any atom is -0.315 e. The molecule has 2 aliphatic rings. The highest BCUT2D eigenvalue weighted by Gasteiger charge is 2.29. The van der Waals surface area contributed by atoms with Gasteiger partial charge >= 0.3 is 0 Å². The molecule has 0 aromatic heterocycles. The summed E-state index contributed by atoms with van der Waals surface area (Å²) in [6, 6.07) is 1.55. The van der Waals surface area contributed by atoms with E-state index < -0.39 is 0 Å². The lowest BCUT2D eigenvalue weighted by molar-refractivity contribution is 0.179. The second-order valence-electron chi connectivity index (χ2n) is 6.09. The van der Waals surface area contributed by atoms with Crippen molar-refractivity contribution in [2.75, 3.05) is 39.3 Å². The van der Waals surface area contributed by atoms with Crippen LogP contribution >= 0.6 is 0 Å². The van der Waals surface area contributed by atoms with Gasteiger partial charge in [0.1, 0.15) is 0 Å². The number of nitrogens with zero attached hydrogens (tertiary/aromatic N) is 2. The minimum absolute atomic E-state index is 0.697. The van der Waals surface area contributed by atoms with E-state index in [-0.39, 0.29) is 0 Å². The molecule has 2 heterocycles. The van der Waals surface area contributed by atoms with Crippen LogP contribution in [0.1, 0.15) is 46.0 Å². The Morgan fingerprint density at radius 3 is 2.89 bits per heavy atom.